The lowest BCUT2D eigenvalue weighted by Crippen LogP contribution is -2.30. The number of carbonyl (C=O) groups is 1. The van der Waals surface area contributed by atoms with Gasteiger partial charge >= 0.3 is 6.03 Å². The molecule has 23 heavy (non-hydrogen) atoms. The first-order valence-electron chi connectivity index (χ1n) is 7.02. The van der Waals surface area contributed by atoms with E-state index < -0.39 is 5.82 Å². The summed E-state index contributed by atoms with van der Waals surface area (Å²) in [5.74, 6) is 0.368. The molecule has 0 fully saturated rings. The number of amides is 2. The molecule has 0 aliphatic heterocycles. The van der Waals surface area contributed by atoms with Gasteiger partial charge in [-0.15, -0.1) is 0 Å². The van der Waals surface area contributed by atoms with Gasteiger partial charge in [-0.05, 0) is 29.8 Å². The standard InChI is InChI=1S/C17H19FN2O3/c1-20(11-12-4-7-14(22-2)8-5-12)17(21)19-13-6-9-16(23-3)15(18)10-13/h4-10H,11H2,1-3H3,(H,19,21). The van der Waals surface area contributed by atoms with Gasteiger partial charge in [-0.2, -0.15) is 0 Å². The van der Waals surface area contributed by atoms with Crippen molar-refractivity contribution < 1.29 is 18.7 Å². The molecule has 0 spiro atoms. The first-order chi connectivity index (χ1) is 11.0. The van der Waals surface area contributed by atoms with Gasteiger partial charge in [-0.25, -0.2) is 9.18 Å². The van der Waals surface area contributed by atoms with Crippen LogP contribution < -0.4 is 14.8 Å². The maximum atomic E-state index is 13.6. The Balaban J connectivity index is 1.97. The monoisotopic (exact) mass is 318 g/mol. The van der Waals surface area contributed by atoms with Crippen molar-refractivity contribution in [2.24, 2.45) is 0 Å². The fourth-order valence-corrected chi connectivity index (χ4v) is 2.04. The maximum Gasteiger partial charge on any atom is 0.321 e. The predicted octanol–water partition coefficient (Wildman–Crippen LogP) is 3.51. The molecule has 2 rings (SSSR count). The van der Waals surface area contributed by atoms with Gasteiger partial charge in [0.2, 0.25) is 0 Å². The highest BCUT2D eigenvalue weighted by atomic mass is 19.1. The smallest absolute Gasteiger partial charge is 0.321 e. The van der Waals surface area contributed by atoms with E-state index >= 15 is 0 Å². The number of ether oxygens (including phenoxy) is 2. The van der Waals surface area contributed by atoms with Crippen molar-refractivity contribution >= 4 is 11.7 Å². The van der Waals surface area contributed by atoms with E-state index in [0.29, 0.717) is 12.2 Å². The van der Waals surface area contributed by atoms with Crippen LogP contribution in [0.5, 0.6) is 11.5 Å². The van der Waals surface area contributed by atoms with Crippen molar-refractivity contribution in [1.29, 1.82) is 0 Å². The topological polar surface area (TPSA) is 50.8 Å². The molecule has 0 radical (unpaired) electrons. The summed E-state index contributed by atoms with van der Waals surface area (Å²) in [7, 11) is 4.65. The number of hydrogen-bond donors (Lipinski definition) is 1. The van der Waals surface area contributed by atoms with Crippen LogP contribution in [0.2, 0.25) is 0 Å². The van der Waals surface area contributed by atoms with Gasteiger partial charge in [0.1, 0.15) is 5.75 Å². The molecule has 1 N–H and O–H groups in total. The molecule has 0 unspecified atom stereocenters. The summed E-state index contributed by atoms with van der Waals surface area (Å²) in [4.78, 5) is 13.6. The zero-order valence-corrected chi connectivity index (χ0v) is 13.3. The van der Waals surface area contributed by atoms with Crippen LogP contribution in [-0.2, 0) is 6.54 Å². The summed E-state index contributed by atoms with van der Waals surface area (Å²) >= 11 is 0. The minimum Gasteiger partial charge on any atom is -0.497 e. The molecule has 0 atom stereocenters. The second-order valence-corrected chi connectivity index (χ2v) is 4.98. The number of hydrogen-bond acceptors (Lipinski definition) is 3. The molecule has 2 amide bonds. The molecule has 2 aromatic carbocycles. The van der Waals surface area contributed by atoms with E-state index in [1.807, 2.05) is 24.3 Å². The highest BCUT2D eigenvalue weighted by molar-refractivity contribution is 5.89. The molecule has 0 aliphatic rings. The van der Waals surface area contributed by atoms with Gasteiger partial charge in [-0.1, -0.05) is 12.1 Å². The van der Waals surface area contributed by atoms with Crippen LogP contribution >= 0.6 is 0 Å². The molecule has 0 saturated carbocycles. The van der Waals surface area contributed by atoms with Gasteiger partial charge in [0.25, 0.3) is 0 Å². The fraction of sp³-hybridized carbons (Fsp3) is 0.235. The lowest BCUT2D eigenvalue weighted by Gasteiger charge is -2.18. The predicted molar refractivity (Wildman–Crippen MR) is 86.4 cm³/mol. The van der Waals surface area contributed by atoms with Crippen LogP contribution in [0, 0.1) is 5.82 Å². The molecule has 6 heteroatoms. The second kappa shape index (κ2) is 7.49. The fourth-order valence-electron chi connectivity index (χ4n) is 2.04. The number of carbonyl (C=O) groups excluding carboxylic acids is 1. The molecular weight excluding hydrogens is 299 g/mol. The number of nitrogens with one attached hydrogen (secondary N) is 1. The number of nitrogens with zero attached hydrogens (tertiary/aromatic N) is 1. The number of benzene rings is 2. The van der Waals surface area contributed by atoms with E-state index in [1.165, 1.54) is 24.1 Å². The van der Waals surface area contributed by atoms with E-state index in [1.54, 1.807) is 20.2 Å². The Morgan fingerprint density at radius 1 is 1.13 bits per heavy atom. The molecule has 0 heterocycles. The highest BCUT2D eigenvalue weighted by Gasteiger charge is 2.11. The maximum absolute atomic E-state index is 13.6. The molecule has 5 nitrogen and oxygen atoms in total. The zero-order valence-electron chi connectivity index (χ0n) is 13.3. The number of rotatable bonds is 5. The summed E-state index contributed by atoms with van der Waals surface area (Å²) < 4.78 is 23.6. The first-order valence-corrected chi connectivity index (χ1v) is 7.02. The lowest BCUT2D eigenvalue weighted by molar-refractivity contribution is 0.220. The molecule has 122 valence electrons. The minimum atomic E-state index is -0.525. The molecule has 0 bridgehead atoms. The highest BCUT2D eigenvalue weighted by Crippen LogP contribution is 2.21. The quantitative estimate of drug-likeness (QED) is 0.918. The van der Waals surface area contributed by atoms with Gasteiger partial charge in [0.05, 0.1) is 14.2 Å². The number of urea groups is 1. The number of methoxy groups -OCH3 is 2. The van der Waals surface area contributed by atoms with Crippen molar-refractivity contribution in [3.05, 3.63) is 53.8 Å². The van der Waals surface area contributed by atoms with Crippen molar-refractivity contribution in [3.63, 3.8) is 0 Å². The third-order valence-electron chi connectivity index (χ3n) is 3.33. The summed E-state index contributed by atoms with van der Waals surface area (Å²) in [6.07, 6.45) is 0. The van der Waals surface area contributed by atoms with Crippen molar-refractivity contribution in [3.8, 4) is 11.5 Å². The van der Waals surface area contributed by atoms with Crippen LogP contribution in [0.1, 0.15) is 5.56 Å². The molecule has 2 aromatic rings. The third-order valence-corrected chi connectivity index (χ3v) is 3.33. The van der Waals surface area contributed by atoms with Crippen LogP contribution in [-0.4, -0.2) is 32.2 Å². The molecule has 0 aromatic heterocycles. The molecule has 0 saturated heterocycles. The van der Waals surface area contributed by atoms with Crippen LogP contribution in [0.15, 0.2) is 42.5 Å². The van der Waals surface area contributed by atoms with Crippen LogP contribution in [0.25, 0.3) is 0 Å². The SMILES string of the molecule is COc1ccc(CN(C)C(=O)Nc2ccc(OC)c(F)c2)cc1. The normalized spacial score (nSPS) is 10.1. The summed E-state index contributed by atoms with van der Waals surface area (Å²) in [6.45, 7) is 0.425. The van der Waals surface area contributed by atoms with E-state index in [9.17, 15) is 9.18 Å². The van der Waals surface area contributed by atoms with E-state index in [2.05, 4.69) is 5.32 Å². The Kier molecular flexibility index (Phi) is 5.41. The average molecular weight is 318 g/mol. The third kappa shape index (κ3) is 4.35. The Hall–Kier alpha value is -2.76. The Morgan fingerprint density at radius 3 is 2.39 bits per heavy atom. The Bertz CT molecular complexity index is 674. The minimum absolute atomic E-state index is 0.134. The van der Waals surface area contributed by atoms with Crippen molar-refractivity contribution in [1.82, 2.24) is 4.90 Å². The average Bonchev–Trinajstić information content (AvgIpc) is 2.55. The van der Waals surface area contributed by atoms with Gasteiger partial charge in [-0.3, -0.25) is 0 Å². The number of halogens is 1. The Morgan fingerprint density at radius 2 is 1.83 bits per heavy atom. The second-order valence-electron chi connectivity index (χ2n) is 4.98. The largest absolute Gasteiger partial charge is 0.497 e. The summed E-state index contributed by atoms with van der Waals surface area (Å²) in [6, 6.07) is 11.4. The number of anilines is 1. The summed E-state index contributed by atoms with van der Waals surface area (Å²) in [5.41, 5.74) is 1.33. The first kappa shape index (κ1) is 16.6. The van der Waals surface area contributed by atoms with Crippen LogP contribution in [0.4, 0.5) is 14.9 Å². The zero-order chi connectivity index (χ0) is 16.8. The van der Waals surface area contributed by atoms with E-state index in [4.69, 9.17) is 9.47 Å². The Labute approximate surface area is 134 Å². The molecule has 0 aliphatic carbocycles. The summed E-state index contributed by atoms with van der Waals surface area (Å²) in [5, 5.41) is 2.64. The van der Waals surface area contributed by atoms with Gasteiger partial charge in [0, 0.05) is 25.3 Å². The van der Waals surface area contributed by atoms with E-state index in [-0.39, 0.29) is 11.8 Å². The molecular formula is C17H19FN2O3. The van der Waals surface area contributed by atoms with Crippen molar-refractivity contribution in [2.75, 3.05) is 26.6 Å². The van der Waals surface area contributed by atoms with Gasteiger partial charge < -0.3 is 19.7 Å². The van der Waals surface area contributed by atoms with E-state index in [0.717, 1.165) is 11.3 Å². The lowest BCUT2D eigenvalue weighted by atomic mass is 10.2. The van der Waals surface area contributed by atoms with Gasteiger partial charge in [0.15, 0.2) is 11.6 Å². The van der Waals surface area contributed by atoms with Crippen molar-refractivity contribution in [2.45, 2.75) is 6.54 Å². The van der Waals surface area contributed by atoms with Crippen LogP contribution in [0.3, 0.4) is 0 Å².